The van der Waals surface area contributed by atoms with E-state index in [1.165, 1.54) is 18.2 Å². The van der Waals surface area contributed by atoms with Crippen LogP contribution in [0.5, 0.6) is 0 Å². The van der Waals surface area contributed by atoms with Crippen LogP contribution >= 0.6 is 0 Å². The van der Waals surface area contributed by atoms with E-state index in [4.69, 9.17) is 9.15 Å². The number of hydrogen-bond acceptors (Lipinski definition) is 6. The average molecular weight is 392 g/mol. The normalized spacial score (nSPS) is 10.6. The summed E-state index contributed by atoms with van der Waals surface area (Å²) in [6.07, 6.45) is 2.40. The van der Waals surface area contributed by atoms with E-state index >= 15 is 0 Å². The van der Waals surface area contributed by atoms with E-state index in [-0.39, 0.29) is 18.3 Å². The highest BCUT2D eigenvalue weighted by molar-refractivity contribution is 6.04. The van der Waals surface area contributed by atoms with Crippen LogP contribution in [0.2, 0.25) is 0 Å². The molecule has 0 saturated carbocycles. The number of hydrogen-bond donors (Lipinski definition) is 1. The summed E-state index contributed by atoms with van der Waals surface area (Å²) in [5.41, 5.74) is 1.88. The number of para-hydroxylation sites is 1. The first-order valence-corrected chi connectivity index (χ1v) is 8.56. The van der Waals surface area contributed by atoms with Crippen LogP contribution in [-0.4, -0.2) is 16.8 Å². The lowest BCUT2D eigenvalue weighted by Crippen LogP contribution is -2.11. The molecule has 8 nitrogen and oxygen atoms in total. The highest BCUT2D eigenvalue weighted by Crippen LogP contribution is 2.16. The molecule has 146 valence electrons. The van der Waals surface area contributed by atoms with Crippen LogP contribution in [0.3, 0.4) is 0 Å². The molecule has 0 aliphatic carbocycles. The predicted molar refractivity (Wildman–Crippen MR) is 105 cm³/mol. The van der Waals surface area contributed by atoms with Crippen LogP contribution in [-0.2, 0) is 16.1 Å². The number of nitro groups is 1. The second kappa shape index (κ2) is 9.14. The Morgan fingerprint density at radius 2 is 1.76 bits per heavy atom. The lowest BCUT2D eigenvalue weighted by molar-refractivity contribution is -0.402. The number of ether oxygens (including phenoxy) is 1. The van der Waals surface area contributed by atoms with Crippen molar-refractivity contribution in [1.29, 1.82) is 0 Å². The van der Waals surface area contributed by atoms with Gasteiger partial charge in [0.05, 0.1) is 6.07 Å². The van der Waals surface area contributed by atoms with Crippen molar-refractivity contribution >= 4 is 29.5 Å². The fraction of sp³-hybridized carbons (Fsp3) is 0.0476. The summed E-state index contributed by atoms with van der Waals surface area (Å²) < 4.78 is 10.0. The Kier molecular flexibility index (Phi) is 6.16. The minimum absolute atomic E-state index is 0.0159. The average Bonchev–Trinajstić information content (AvgIpc) is 3.21. The molecule has 3 rings (SSSR count). The topological polar surface area (TPSA) is 112 Å². The first kappa shape index (κ1) is 19.6. The Morgan fingerprint density at radius 3 is 2.41 bits per heavy atom. The van der Waals surface area contributed by atoms with Gasteiger partial charge in [-0.1, -0.05) is 30.3 Å². The number of furan rings is 1. The Morgan fingerprint density at radius 1 is 1.03 bits per heavy atom. The molecule has 1 amide bonds. The van der Waals surface area contributed by atoms with Gasteiger partial charge in [0.15, 0.2) is 0 Å². The highest BCUT2D eigenvalue weighted by atomic mass is 16.6. The maximum atomic E-state index is 12.2. The molecule has 1 heterocycles. The molecular formula is C21H16N2O6. The quantitative estimate of drug-likeness (QED) is 0.279. The van der Waals surface area contributed by atoms with Gasteiger partial charge in [0.2, 0.25) is 0 Å². The summed E-state index contributed by atoms with van der Waals surface area (Å²) in [4.78, 5) is 33.8. The van der Waals surface area contributed by atoms with Crippen molar-refractivity contribution in [2.24, 2.45) is 0 Å². The van der Waals surface area contributed by atoms with Gasteiger partial charge in [-0.25, -0.2) is 4.79 Å². The maximum Gasteiger partial charge on any atom is 0.433 e. The maximum absolute atomic E-state index is 12.2. The minimum atomic E-state index is -0.667. The van der Waals surface area contributed by atoms with Gasteiger partial charge >= 0.3 is 11.9 Å². The summed E-state index contributed by atoms with van der Waals surface area (Å²) in [6, 6.07) is 18.3. The third-order valence-corrected chi connectivity index (χ3v) is 3.81. The highest BCUT2D eigenvalue weighted by Gasteiger charge is 2.10. The van der Waals surface area contributed by atoms with Crippen LogP contribution in [0, 0.1) is 10.1 Å². The molecule has 0 aliphatic rings. The van der Waals surface area contributed by atoms with E-state index in [1.54, 1.807) is 36.4 Å². The molecule has 1 N–H and O–H groups in total. The number of esters is 1. The van der Waals surface area contributed by atoms with Crippen LogP contribution in [0.25, 0.3) is 6.08 Å². The number of nitrogens with zero attached hydrogens (tertiary/aromatic N) is 1. The van der Waals surface area contributed by atoms with Gasteiger partial charge in [-0.15, -0.1) is 0 Å². The fourth-order valence-electron chi connectivity index (χ4n) is 2.36. The lowest BCUT2D eigenvalue weighted by atomic mass is 10.1. The molecule has 0 spiro atoms. The molecule has 2 aromatic carbocycles. The summed E-state index contributed by atoms with van der Waals surface area (Å²) in [5.74, 6) is -1.11. The van der Waals surface area contributed by atoms with E-state index in [1.807, 2.05) is 18.2 Å². The van der Waals surface area contributed by atoms with Crippen LogP contribution < -0.4 is 5.32 Å². The first-order valence-electron chi connectivity index (χ1n) is 8.56. The van der Waals surface area contributed by atoms with Gasteiger partial charge in [-0.05, 0) is 42.0 Å². The Balaban J connectivity index is 1.50. The molecule has 0 radical (unpaired) electrons. The molecular weight excluding hydrogens is 376 g/mol. The standard InChI is InChI=1S/C21H16N2O6/c24-20(13-11-18-10-12-19(29-18)23(26)27)28-14-15-6-8-16(9-7-15)21(25)22-17-4-2-1-3-5-17/h1-13H,14H2,(H,22,25)/b13-11+. The molecule has 8 heteroatoms. The van der Waals surface area contributed by atoms with Crippen molar-refractivity contribution in [3.63, 3.8) is 0 Å². The molecule has 1 aromatic heterocycles. The zero-order chi connectivity index (χ0) is 20.6. The molecule has 0 unspecified atom stereocenters. The first-order chi connectivity index (χ1) is 14.0. The van der Waals surface area contributed by atoms with Gasteiger partial charge < -0.3 is 14.5 Å². The van der Waals surface area contributed by atoms with Crippen molar-refractivity contribution in [3.05, 3.63) is 99.8 Å². The number of anilines is 1. The molecule has 0 bridgehead atoms. The number of benzene rings is 2. The minimum Gasteiger partial charge on any atom is -0.458 e. The number of amides is 1. The van der Waals surface area contributed by atoms with Crippen LogP contribution in [0.15, 0.2) is 77.2 Å². The van der Waals surface area contributed by atoms with Gasteiger partial charge in [-0.2, -0.15) is 0 Å². The summed E-state index contributed by atoms with van der Waals surface area (Å²) in [5, 5.41) is 13.3. The van der Waals surface area contributed by atoms with Crippen molar-refractivity contribution in [2.75, 3.05) is 5.32 Å². The summed E-state index contributed by atoms with van der Waals surface area (Å²) in [7, 11) is 0. The summed E-state index contributed by atoms with van der Waals surface area (Å²) >= 11 is 0. The van der Waals surface area contributed by atoms with E-state index < -0.39 is 16.8 Å². The molecule has 3 aromatic rings. The number of carbonyl (C=O) groups excluding carboxylic acids is 2. The second-order valence-electron chi connectivity index (χ2n) is 5.89. The molecule has 0 aliphatic heterocycles. The fourth-order valence-corrected chi connectivity index (χ4v) is 2.36. The Hall–Kier alpha value is -4.20. The second-order valence-corrected chi connectivity index (χ2v) is 5.89. The lowest BCUT2D eigenvalue weighted by Gasteiger charge is -2.06. The van der Waals surface area contributed by atoms with Crippen molar-refractivity contribution in [2.45, 2.75) is 6.61 Å². The third-order valence-electron chi connectivity index (χ3n) is 3.81. The van der Waals surface area contributed by atoms with Crippen molar-refractivity contribution in [1.82, 2.24) is 0 Å². The van der Waals surface area contributed by atoms with Gasteiger partial charge in [0, 0.05) is 17.3 Å². The summed E-state index contributed by atoms with van der Waals surface area (Å²) in [6.45, 7) is 0.0159. The smallest absolute Gasteiger partial charge is 0.433 e. The largest absolute Gasteiger partial charge is 0.458 e. The monoisotopic (exact) mass is 392 g/mol. The van der Waals surface area contributed by atoms with Crippen molar-refractivity contribution < 1.29 is 23.7 Å². The zero-order valence-electron chi connectivity index (χ0n) is 15.1. The Bertz CT molecular complexity index is 1040. The number of rotatable bonds is 7. The predicted octanol–water partition coefficient (Wildman–Crippen LogP) is 4.20. The number of carbonyl (C=O) groups is 2. The van der Waals surface area contributed by atoms with Crippen LogP contribution in [0.1, 0.15) is 21.7 Å². The van der Waals surface area contributed by atoms with Gasteiger partial charge in [0.1, 0.15) is 17.3 Å². The SMILES string of the molecule is O=C(/C=C/c1ccc([N+](=O)[O-])o1)OCc1ccc(C(=O)Nc2ccccc2)cc1. The van der Waals surface area contributed by atoms with Gasteiger partial charge in [-0.3, -0.25) is 14.9 Å². The van der Waals surface area contributed by atoms with Gasteiger partial charge in [0.25, 0.3) is 5.91 Å². The zero-order valence-corrected chi connectivity index (χ0v) is 15.1. The Labute approximate surface area is 165 Å². The number of nitrogens with one attached hydrogen (secondary N) is 1. The van der Waals surface area contributed by atoms with Crippen molar-refractivity contribution in [3.8, 4) is 0 Å². The molecule has 29 heavy (non-hydrogen) atoms. The van der Waals surface area contributed by atoms with E-state index in [9.17, 15) is 19.7 Å². The third kappa shape index (κ3) is 5.64. The van der Waals surface area contributed by atoms with Crippen LogP contribution in [0.4, 0.5) is 11.6 Å². The van der Waals surface area contributed by atoms with E-state index in [2.05, 4.69) is 5.32 Å². The van der Waals surface area contributed by atoms with E-state index in [0.717, 1.165) is 6.08 Å². The molecule has 0 saturated heterocycles. The molecule has 0 atom stereocenters. The van der Waals surface area contributed by atoms with E-state index in [0.29, 0.717) is 16.8 Å². The molecule has 0 fully saturated rings.